The number of rotatable bonds is 9. The quantitative estimate of drug-likeness (QED) is 0.323. The van der Waals surface area contributed by atoms with Gasteiger partial charge in [-0.25, -0.2) is 19.9 Å². The molecule has 0 saturated carbocycles. The standard InChI is InChI=1S/C25H27N5O2/c1-17(2)5-4-12-31-20-8-11-24(27-15-20)32-19-7-9-22-21(13-19)25(29-16-28-22)30-23-10-6-18(3)14-26-23/h6-11,13-17H,4-5,12H2,1-3H3,(H,26,28,29,30). The first kappa shape index (κ1) is 21.5. The molecule has 7 heteroatoms. The summed E-state index contributed by atoms with van der Waals surface area (Å²) in [4.78, 5) is 17.5. The highest BCUT2D eigenvalue weighted by Gasteiger charge is 2.08. The minimum Gasteiger partial charge on any atom is -0.492 e. The van der Waals surface area contributed by atoms with Crippen molar-refractivity contribution in [2.24, 2.45) is 5.92 Å². The largest absolute Gasteiger partial charge is 0.492 e. The molecular formula is C25H27N5O2. The molecule has 1 aromatic carbocycles. The molecule has 0 fully saturated rings. The molecule has 1 N–H and O–H groups in total. The first-order valence-corrected chi connectivity index (χ1v) is 10.8. The van der Waals surface area contributed by atoms with Gasteiger partial charge >= 0.3 is 0 Å². The normalized spacial score (nSPS) is 11.0. The summed E-state index contributed by atoms with van der Waals surface area (Å²) < 4.78 is 11.7. The van der Waals surface area contributed by atoms with Gasteiger partial charge in [-0.3, -0.25) is 0 Å². The van der Waals surface area contributed by atoms with Crippen LogP contribution in [0.25, 0.3) is 10.9 Å². The Hall–Kier alpha value is -3.74. The van der Waals surface area contributed by atoms with Crippen LogP contribution in [0.15, 0.2) is 61.2 Å². The van der Waals surface area contributed by atoms with Gasteiger partial charge in [-0.1, -0.05) is 19.9 Å². The molecule has 0 spiro atoms. The maximum absolute atomic E-state index is 5.95. The van der Waals surface area contributed by atoms with Gasteiger partial charge in [-0.2, -0.15) is 0 Å². The monoisotopic (exact) mass is 429 g/mol. The predicted octanol–water partition coefficient (Wildman–Crippen LogP) is 6.08. The third kappa shape index (κ3) is 5.69. The van der Waals surface area contributed by atoms with E-state index in [0.29, 0.717) is 35.8 Å². The lowest BCUT2D eigenvalue weighted by atomic mass is 10.1. The van der Waals surface area contributed by atoms with Crippen LogP contribution in [-0.2, 0) is 0 Å². The summed E-state index contributed by atoms with van der Waals surface area (Å²) in [5, 5.41) is 4.08. The summed E-state index contributed by atoms with van der Waals surface area (Å²) in [5.41, 5.74) is 1.90. The molecule has 3 aromatic heterocycles. The smallest absolute Gasteiger partial charge is 0.219 e. The Labute approximate surface area is 187 Å². The molecule has 3 heterocycles. The zero-order chi connectivity index (χ0) is 22.3. The van der Waals surface area contributed by atoms with Gasteiger partial charge in [-0.15, -0.1) is 0 Å². The van der Waals surface area contributed by atoms with E-state index < -0.39 is 0 Å². The van der Waals surface area contributed by atoms with Gasteiger partial charge in [0.15, 0.2) is 0 Å². The average molecular weight is 430 g/mol. The SMILES string of the molecule is Cc1ccc(Nc2ncnc3ccc(Oc4ccc(OCCCC(C)C)cn4)cc23)nc1. The van der Waals surface area contributed by atoms with Gasteiger partial charge < -0.3 is 14.8 Å². The number of hydrogen-bond acceptors (Lipinski definition) is 7. The molecule has 0 radical (unpaired) electrons. The zero-order valence-corrected chi connectivity index (χ0v) is 18.6. The van der Waals surface area contributed by atoms with E-state index in [9.17, 15) is 0 Å². The molecule has 0 atom stereocenters. The maximum atomic E-state index is 5.95. The van der Waals surface area contributed by atoms with Crippen molar-refractivity contribution in [3.63, 3.8) is 0 Å². The maximum Gasteiger partial charge on any atom is 0.219 e. The van der Waals surface area contributed by atoms with E-state index in [0.717, 1.165) is 35.1 Å². The Morgan fingerprint density at radius 2 is 1.78 bits per heavy atom. The summed E-state index contributed by atoms with van der Waals surface area (Å²) in [6, 6.07) is 13.2. The lowest BCUT2D eigenvalue weighted by molar-refractivity contribution is 0.296. The number of ether oxygens (including phenoxy) is 2. The lowest BCUT2D eigenvalue weighted by Crippen LogP contribution is -2.00. The van der Waals surface area contributed by atoms with E-state index in [1.807, 2.05) is 49.5 Å². The van der Waals surface area contributed by atoms with Crippen LogP contribution in [0.5, 0.6) is 17.4 Å². The zero-order valence-electron chi connectivity index (χ0n) is 18.6. The Kier molecular flexibility index (Phi) is 6.75. The van der Waals surface area contributed by atoms with Crippen LogP contribution in [0.2, 0.25) is 0 Å². The summed E-state index contributed by atoms with van der Waals surface area (Å²) in [5.74, 6) is 3.94. The summed E-state index contributed by atoms with van der Waals surface area (Å²) in [6.45, 7) is 7.12. The first-order chi connectivity index (χ1) is 15.6. The van der Waals surface area contributed by atoms with E-state index in [1.54, 1.807) is 12.3 Å². The fraction of sp³-hybridized carbons (Fsp3) is 0.280. The molecule has 7 nitrogen and oxygen atoms in total. The highest BCUT2D eigenvalue weighted by molar-refractivity contribution is 5.91. The molecule has 0 aliphatic heterocycles. The molecular weight excluding hydrogens is 402 g/mol. The van der Waals surface area contributed by atoms with Crippen molar-refractivity contribution in [1.29, 1.82) is 0 Å². The fourth-order valence-electron chi connectivity index (χ4n) is 3.18. The summed E-state index contributed by atoms with van der Waals surface area (Å²) >= 11 is 0. The number of hydrogen-bond donors (Lipinski definition) is 1. The lowest BCUT2D eigenvalue weighted by Gasteiger charge is -2.10. The van der Waals surface area contributed by atoms with E-state index in [-0.39, 0.29) is 0 Å². The minimum atomic E-state index is 0.491. The highest BCUT2D eigenvalue weighted by atomic mass is 16.5. The van der Waals surface area contributed by atoms with Crippen LogP contribution >= 0.6 is 0 Å². The molecule has 0 aliphatic rings. The summed E-state index contributed by atoms with van der Waals surface area (Å²) in [6.07, 6.45) is 7.20. The number of benzene rings is 1. The van der Waals surface area contributed by atoms with Gasteiger partial charge in [0.2, 0.25) is 5.88 Å². The number of fused-ring (bicyclic) bond motifs is 1. The Morgan fingerprint density at radius 1 is 0.906 bits per heavy atom. The van der Waals surface area contributed by atoms with Gasteiger partial charge in [0.25, 0.3) is 0 Å². The van der Waals surface area contributed by atoms with Crippen molar-refractivity contribution < 1.29 is 9.47 Å². The van der Waals surface area contributed by atoms with Gasteiger partial charge in [0, 0.05) is 17.6 Å². The Balaban J connectivity index is 1.46. The van der Waals surface area contributed by atoms with Crippen LogP contribution in [-0.4, -0.2) is 26.5 Å². The first-order valence-electron chi connectivity index (χ1n) is 10.8. The van der Waals surface area contributed by atoms with E-state index in [1.165, 1.54) is 6.33 Å². The van der Waals surface area contributed by atoms with Crippen LogP contribution in [0.4, 0.5) is 11.6 Å². The molecule has 0 bridgehead atoms. The number of anilines is 2. The van der Waals surface area contributed by atoms with Crippen LogP contribution in [0.3, 0.4) is 0 Å². The van der Waals surface area contributed by atoms with Crippen molar-refractivity contribution in [3.05, 3.63) is 66.7 Å². The van der Waals surface area contributed by atoms with Gasteiger partial charge in [0.1, 0.15) is 29.5 Å². The molecule has 4 rings (SSSR count). The average Bonchev–Trinajstić information content (AvgIpc) is 2.79. The van der Waals surface area contributed by atoms with E-state index in [2.05, 4.69) is 39.1 Å². The molecule has 164 valence electrons. The number of nitrogens with one attached hydrogen (secondary N) is 1. The fourth-order valence-corrected chi connectivity index (χ4v) is 3.18. The second kappa shape index (κ2) is 10.0. The third-order valence-electron chi connectivity index (χ3n) is 4.89. The number of aryl methyl sites for hydroxylation is 1. The van der Waals surface area contributed by atoms with Crippen LogP contribution < -0.4 is 14.8 Å². The molecule has 0 saturated heterocycles. The topological polar surface area (TPSA) is 82.1 Å². The molecule has 4 aromatic rings. The van der Waals surface area contributed by atoms with E-state index >= 15 is 0 Å². The second-order valence-electron chi connectivity index (χ2n) is 8.07. The third-order valence-corrected chi connectivity index (χ3v) is 4.89. The highest BCUT2D eigenvalue weighted by Crippen LogP contribution is 2.29. The molecule has 32 heavy (non-hydrogen) atoms. The Morgan fingerprint density at radius 3 is 2.53 bits per heavy atom. The molecule has 0 aliphatic carbocycles. The van der Waals surface area contributed by atoms with Crippen molar-refractivity contribution in [3.8, 4) is 17.4 Å². The number of aromatic nitrogens is 4. The van der Waals surface area contributed by atoms with Crippen LogP contribution in [0.1, 0.15) is 32.3 Å². The van der Waals surface area contributed by atoms with Crippen molar-refractivity contribution >= 4 is 22.5 Å². The van der Waals surface area contributed by atoms with Gasteiger partial charge in [-0.05, 0) is 61.6 Å². The van der Waals surface area contributed by atoms with Gasteiger partial charge in [0.05, 0.1) is 18.3 Å². The molecule has 0 unspecified atom stereocenters. The van der Waals surface area contributed by atoms with E-state index in [4.69, 9.17) is 9.47 Å². The summed E-state index contributed by atoms with van der Waals surface area (Å²) in [7, 11) is 0. The Bertz CT molecular complexity index is 1160. The molecule has 0 amide bonds. The van der Waals surface area contributed by atoms with Crippen molar-refractivity contribution in [2.45, 2.75) is 33.6 Å². The van der Waals surface area contributed by atoms with Crippen molar-refractivity contribution in [2.75, 3.05) is 11.9 Å². The minimum absolute atomic E-state index is 0.491. The van der Waals surface area contributed by atoms with Crippen LogP contribution in [0, 0.1) is 12.8 Å². The number of pyridine rings is 2. The van der Waals surface area contributed by atoms with Crippen molar-refractivity contribution in [1.82, 2.24) is 19.9 Å². The second-order valence-corrected chi connectivity index (χ2v) is 8.07. The number of nitrogens with zero attached hydrogens (tertiary/aromatic N) is 4. The predicted molar refractivity (Wildman–Crippen MR) is 126 cm³/mol.